The van der Waals surface area contributed by atoms with Gasteiger partial charge >= 0.3 is 0 Å². The molecule has 3 nitrogen and oxygen atoms in total. The van der Waals surface area contributed by atoms with E-state index in [-0.39, 0.29) is 6.61 Å². The standard InChI is InChI=1S/C11H14BrCl2NO2/c1-2-15-5-7(16)6-17-11-4-9(13)8(12)3-10(11)14/h3-4,7,15-16H,2,5-6H2,1H3. The van der Waals surface area contributed by atoms with E-state index >= 15 is 0 Å². The van der Waals surface area contributed by atoms with E-state index in [0.717, 1.165) is 6.54 Å². The summed E-state index contributed by atoms with van der Waals surface area (Å²) >= 11 is 15.2. The molecule has 17 heavy (non-hydrogen) atoms. The van der Waals surface area contributed by atoms with Crippen molar-refractivity contribution in [2.75, 3.05) is 19.7 Å². The summed E-state index contributed by atoms with van der Waals surface area (Å²) in [5.74, 6) is 0.468. The Kier molecular flexibility index (Phi) is 6.59. The zero-order chi connectivity index (χ0) is 12.8. The summed E-state index contributed by atoms with van der Waals surface area (Å²) in [6.07, 6.45) is -0.576. The zero-order valence-corrected chi connectivity index (χ0v) is 12.4. The average molecular weight is 343 g/mol. The molecule has 1 aromatic rings. The Labute approximate surface area is 119 Å². The fourth-order valence-corrected chi connectivity index (χ4v) is 2.02. The Bertz CT molecular complexity index is 377. The molecule has 0 aliphatic carbocycles. The van der Waals surface area contributed by atoms with Crippen molar-refractivity contribution in [2.24, 2.45) is 0 Å². The molecule has 0 aliphatic rings. The second kappa shape index (κ2) is 7.44. The Balaban J connectivity index is 2.54. The van der Waals surface area contributed by atoms with Crippen LogP contribution in [0.3, 0.4) is 0 Å². The van der Waals surface area contributed by atoms with Gasteiger partial charge < -0.3 is 15.2 Å². The average Bonchev–Trinajstić information content (AvgIpc) is 2.29. The molecule has 1 unspecified atom stereocenters. The number of benzene rings is 1. The molecule has 6 heteroatoms. The third-order valence-corrected chi connectivity index (χ3v) is 3.53. The fourth-order valence-electron chi connectivity index (χ4n) is 1.17. The van der Waals surface area contributed by atoms with Gasteiger partial charge in [0.2, 0.25) is 0 Å². The number of ether oxygens (including phenoxy) is 1. The Morgan fingerprint density at radius 1 is 1.41 bits per heavy atom. The number of rotatable bonds is 6. The molecule has 1 rings (SSSR count). The van der Waals surface area contributed by atoms with E-state index in [1.807, 2.05) is 6.92 Å². The minimum absolute atomic E-state index is 0.171. The van der Waals surface area contributed by atoms with E-state index in [0.29, 0.717) is 26.8 Å². The molecule has 1 aromatic carbocycles. The molecule has 2 N–H and O–H groups in total. The molecule has 0 radical (unpaired) electrons. The third kappa shape index (κ3) is 5.02. The van der Waals surface area contributed by atoms with E-state index in [4.69, 9.17) is 27.9 Å². The number of aliphatic hydroxyl groups is 1. The van der Waals surface area contributed by atoms with Crippen molar-refractivity contribution >= 4 is 39.1 Å². The smallest absolute Gasteiger partial charge is 0.139 e. The molecule has 0 spiro atoms. The number of hydrogen-bond acceptors (Lipinski definition) is 3. The highest BCUT2D eigenvalue weighted by Crippen LogP contribution is 2.34. The lowest BCUT2D eigenvalue weighted by Crippen LogP contribution is -2.31. The third-order valence-electron chi connectivity index (χ3n) is 2.04. The summed E-state index contributed by atoms with van der Waals surface area (Å²) < 4.78 is 6.12. The molecule has 0 saturated carbocycles. The molecule has 0 heterocycles. The van der Waals surface area contributed by atoms with Crippen LogP contribution < -0.4 is 10.1 Å². The van der Waals surface area contributed by atoms with Gasteiger partial charge in [0.15, 0.2) is 0 Å². The first kappa shape index (κ1) is 15.1. The van der Waals surface area contributed by atoms with Crippen LogP contribution in [0, 0.1) is 0 Å². The quantitative estimate of drug-likeness (QED) is 0.780. The van der Waals surface area contributed by atoms with Gasteiger partial charge in [-0.1, -0.05) is 30.1 Å². The molecule has 0 amide bonds. The highest BCUT2D eigenvalue weighted by atomic mass is 79.9. The van der Waals surface area contributed by atoms with Crippen molar-refractivity contribution < 1.29 is 9.84 Å². The van der Waals surface area contributed by atoms with E-state index in [2.05, 4.69) is 21.2 Å². The highest BCUT2D eigenvalue weighted by molar-refractivity contribution is 9.10. The van der Waals surface area contributed by atoms with Crippen LogP contribution >= 0.6 is 39.1 Å². The van der Waals surface area contributed by atoms with Crippen molar-refractivity contribution in [3.8, 4) is 5.75 Å². The van der Waals surface area contributed by atoms with Crippen LogP contribution in [0.4, 0.5) is 0 Å². The molecule has 96 valence electrons. The van der Waals surface area contributed by atoms with Crippen LogP contribution in [0.15, 0.2) is 16.6 Å². The van der Waals surface area contributed by atoms with Crippen molar-refractivity contribution in [1.29, 1.82) is 0 Å². The maximum absolute atomic E-state index is 9.58. The van der Waals surface area contributed by atoms with E-state index in [1.54, 1.807) is 12.1 Å². The lowest BCUT2D eigenvalue weighted by molar-refractivity contribution is 0.107. The minimum Gasteiger partial charge on any atom is -0.489 e. The van der Waals surface area contributed by atoms with Gasteiger partial charge in [-0.15, -0.1) is 0 Å². The zero-order valence-electron chi connectivity index (χ0n) is 9.34. The molecule has 0 bridgehead atoms. The van der Waals surface area contributed by atoms with Crippen LogP contribution in [0.25, 0.3) is 0 Å². The lowest BCUT2D eigenvalue weighted by Gasteiger charge is -2.14. The predicted octanol–water partition coefficient (Wildman–Crippen LogP) is 3.11. The number of halogens is 3. The summed E-state index contributed by atoms with van der Waals surface area (Å²) in [5.41, 5.74) is 0. The first-order valence-electron chi connectivity index (χ1n) is 5.20. The van der Waals surface area contributed by atoms with Gasteiger partial charge in [-0.3, -0.25) is 0 Å². The lowest BCUT2D eigenvalue weighted by atomic mass is 10.3. The second-order valence-electron chi connectivity index (χ2n) is 3.47. The number of nitrogens with one attached hydrogen (secondary N) is 1. The first-order chi connectivity index (χ1) is 8.04. The summed E-state index contributed by atoms with van der Waals surface area (Å²) in [6, 6.07) is 3.28. The summed E-state index contributed by atoms with van der Waals surface area (Å²) in [4.78, 5) is 0. The van der Waals surface area contributed by atoms with Crippen LogP contribution in [0.5, 0.6) is 5.75 Å². The number of likely N-dealkylation sites (N-methyl/N-ethyl adjacent to an activating group) is 1. The van der Waals surface area contributed by atoms with Gasteiger partial charge in [0.05, 0.1) is 10.0 Å². The van der Waals surface area contributed by atoms with Crippen LogP contribution in [0.1, 0.15) is 6.92 Å². The topological polar surface area (TPSA) is 41.5 Å². The van der Waals surface area contributed by atoms with Crippen molar-refractivity contribution in [3.63, 3.8) is 0 Å². The fraction of sp³-hybridized carbons (Fsp3) is 0.455. The van der Waals surface area contributed by atoms with Gasteiger partial charge in [-0.05, 0) is 28.5 Å². The largest absolute Gasteiger partial charge is 0.489 e. The van der Waals surface area contributed by atoms with Crippen LogP contribution in [-0.4, -0.2) is 30.9 Å². The maximum Gasteiger partial charge on any atom is 0.139 e. The Morgan fingerprint density at radius 3 is 2.76 bits per heavy atom. The van der Waals surface area contributed by atoms with Gasteiger partial charge in [-0.2, -0.15) is 0 Å². The number of hydrogen-bond donors (Lipinski definition) is 2. The van der Waals surface area contributed by atoms with Crippen molar-refractivity contribution in [2.45, 2.75) is 13.0 Å². The predicted molar refractivity (Wildman–Crippen MR) is 74.2 cm³/mol. The van der Waals surface area contributed by atoms with Crippen molar-refractivity contribution in [1.82, 2.24) is 5.32 Å². The molecular formula is C11H14BrCl2NO2. The van der Waals surface area contributed by atoms with Crippen LogP contribution in [-0.2, 0) is 0 Å². The molecule has 0 saturated heterocycles. The SMILES string of the molecule is CCNCC(O)COc1cc(Cl)c(Br)cc1Cl. The van der Waals surface area contributed by atoms with Gasteiger partial charge in [0.1, 0.15) is 18.5 Å². The molecular weight excluding hydrogens is 329 g/mol. The highest BCUT2D eigenvalue weighted by Gasteiger charge is 2.09. The minimum atomic E-state index is -0.576. The van der Waals surface area contributed by atoms with E-state index in [1.165, 1.54) is 0 Å². The monoisotopic (exact) mass is 341 g/mol. The number of aliphatic hydroxyl groups excluding tert-OH is 1. The van der Waals surface area contributed by atoms with E-state index in [9.17, 15) is 5.11 Å². The van der Waals surface area contributed by atoms with Crippen LogP contribution in [0.2, 0.25) is 10.0 Å². The summed E-state index contributed by atoms with van der Waals surface area (Å²) in [6.45, 7) is 3.43. The van der Waals surface area contributed by atoms with Gasteiger partial charge in [0, 0.05) is 17.1 Å². The summed E-state index contributed by atoms with van der Waals surface area (Å²) in [7, 11) is 0. The van der Waals surface area contributed by atoms with Gasteiger partial charge in [-0.25, -0.2) is 0 Å². The molecule has 0 aromatic heterocycles. The summed E-state index contributed by atoms with van der Waals surface area (Å²) in [5, 5.41) is 13.6. The molecule has 1 atom stereocenters. The Hall–Kier alpha value is -0.0000000000000000555. The first-order valence-corrected chi connectivity index (χ1v) is 6.75. The van der Waals surface area contributed by atoms with E-state index < -0.39 is 6.10 Å². The normalized spacial score (nSPS) is 12.5. The maximum atomic E-state index is 9.58. The van der Waals surface area contributed by atoms with Crippen molar-refractivity contribution in [3.05, 3.63) is 26.7 Å². The Morgan fingerprint density at radius 2 is 2.12 bits per heavy atom. The van der Waals surface area contributed by atoms with Gasteiger partial charge in [0.25, 0.3) is 0 Å². The molecule has 0 aliphatic heterocycles. The molecule has 0 fully saturated rings. The second-order valence-corrected chi connectivity index (χ2v) is 5.14.